The minimum Gasteiger partial charge on any atom is -0.341 e. The number of piperazine rings is 1. The molecule has 4 rings (SSSR count). The molecule has 0 saturated carbocycles. The summed E-state index contributed by atoms with van der Waals surface area (Å²) < 4.78 is 14.5. The standard InChI is InChI=1S/C21H20Cl2FN5O3/c1-25-21(32)27-9-13(10-27)18-20(31)29(19-16(24)6-15(23)7-26-19)11-17(30)28(18)8-12-2-4-14(22)5-3-12/h2-7,13,18H,8-11H2,1H3,(H,25,32). The number of pyridine rings is 1. The van der Waals surface area contributed by atoms with Gasteiger partial charge in [0.25, 0.3) is 5.91 Å². The molecule has 1 N–H and O–H groups in total. The van der Waals surface area contributed by atoms with E-state index in [0.29, 0.717) is 18.1 Å². The number of carbonyl (C=O) groups excluding carboxylic acids is 3. The Morgan fingerprint density at radius 3 is 2.50 bits per heavy atom. The van der Waals surface area contributed by atoms with Crippen molar-refractivity contribution < 1.29 is 18.8 Å². The number of urea groups is 1. The zero-order valence-electron chi connectivity index (χ0n) is 17.1. The molecule has 32 heavy (non-hydrogen) atoms. The summed E-state index contributed by atoms with van der Waals surface area (Å²) in [6, 6.07) is 6.89. The third-order valence-electron chi connectivity index (χ3n) is 5.64. The smallest absolute Gasteiger partial charge is 0.317 e. The third-order valence-corrected chi connectivity index (χ3v) is 6.09. The molecular weight excluding hydrogens is 460 g/mol. The van der Waals surface area contributed by atoms with Gasteiger partial charge in [0.05, 0.1) is 5.02 Å². The highest BCUT2D eigenvalue weighted by atomic mass is 35.5. The Labute approximate surface area is 193 Å². The van der Waals surface area contributed by atoms with Crippen molar-refractivity contribution in [2.45, 2.75) is 12.6 Å². The molecule has 2 fully saturated rings. The summed E-state index contributed by atoms with van der Waals surface area (Å²) in [5, 5.41) is 3.18. The third kappa shape index (κ3) is 4.22. The lowest BCUT2D eigenvalue weighted by atomic mass is 9.87. The van der Waals surface area contributed by atoms with Crippen LogP contribution in [0.15, 0.2) is 36.5 Å². The first-order chi connectivity index (χ1) is 15.3. The summed E-state index contributed by atoms with van der Waals surface area (Å²) in [5.41, 5.74) is 0.798. The zero-order chi connectivity index (χ0) is 23.0. The van der Waals surface area contributed by atoms with Crippen LogP contribution in [0.4, 0.5) is 15.0 Å². The molecule has 2 saturated heterocycles. The van der Waals surface area contributed by atoms with Crippen LogP contribution >= 0.6 is 23.2 Å². The Morgan fingerprint density at radius 2 is 1.88 bits per heavy atom. The first-order valence-electron chi connectivity index (χ1n) is 9.91. The summed E-state index contributed by atoms with van der Waals surface area (Å²) in [4.78, 5) is 46.5. The number of carbonyl (C=O) groups is 3. The van der Waals surface area contributed by atoms with Gasteiger partial charge in [0.2, 0.25) is 5.91 Å². The Kier molecular flexibility index (Phi) is 6.21. The van der Waals surface area contributed by atoms with Gasteiger partial charge in [-0.25, -0.2) is 14.2 Å². The fraction of sp³-hybridized carbons (Fsp3) is 0.333. The minimum atomic E-state index is -0.871. The molecule has 1 unspecified atom stereocenters. The molecule has 1 aromatic carbocycles. The van der Waals surface area contributed by atoms with Crippen molar-refractivity contribution in [3.05, 3.63) is 58.0 Å². The van der Waals surface area contributed by atoms with Gasteiger partial charge in [-0.2, -0.15) is 0 Å². The van der Waals surface area contributed by atoms with Crippen LogP contribution in [-0.4, -0.2) is 65.4 Å². The number of nitrogens with one attached hydrogen (secondary N) is 1. The quantitative estimate of drug-likeness (QED) is 0.729. The molecule has 11 heteroatoms. The lowest BCUT2D eigenvalue weighted by molar-refractivity contribution is -0.148. The number of hydrogen-bond donors (Lipinski definition) is 1. The first kappa shape index (κ1) is 22.3. The van der Waals surface area contributed by atoms with Crippen molar-refractivity contribution in [3.63, 3.8) is 0 Å². The summed E-state index contributed by atoms with van der Waals surface area (Å²) in [5.74, 6) is -2.13. The largest absolute Gasteiger partial charge is 0.341 e. The Morgan fingerprint density at radius 1 is 1.19 bits per heavy atom. The highest BCUT2D eigenvalue weighted by Gasteiger charge is 2.49. The molecule has 2 aliphatic heterocycles. The molecular formula is C21H20Cl2FN5O3. The van der Waals surface area contributed by atoms with Gasteiger partial charge >= 0.3 is 6.03 Å². The number of halogens is 3. The summed E-state index contributed by atoms with van der Waals surface area (Å²) in [7, 11) is 1.52. The van der Waals surface area contributed by atoms with Gasteiger partial charge in [-0.05, 0) is 23.8 Å². The van der Waals surface area contributed by atoms with Crippen LogP contribution in [-0.2, 0) is 16.1 Å². The number of amides is 4. The first-order valence-corrected chi connectivity index (χ1v) is 10.7. The number of likely N-dealkylation sites (tertiary alicyclic amines) is 1. The summed E-state index contributed by atoms with van der Waals surface area (Å²) in [6.07, 6.45) is 1.23. The van der Waals surface area contributed by atoms with Crippen molar-refractivity contribution in [1.82, 2.24) is 20.1 Å². The monoisotopic (exact) mass is 479 g/mol. The lowest BCUT2D eigenvalue weighted by Gasteiger charge is -2.49. The van der Waals surface area contributed by atoms with Gasteiger partial charge < -0.3 is 15.1 Å². The van der Waals surface area contributed by atoms with Crippen molar-refractivity contribution in [2.24, 2.45) is 5.92 Å². The minimum absolute atomic E-state index is 0.0863. The predicted molar refractivity (Wildman–Crippen MR) is 117 cm³/mol. The molecule has 0 radical (unpaired) electrons. The van der Waals surface area contributed by atoms with E-state index < -0.39 is 17.8 Å². The Hall–Kier alpha value is -2.91. The van der Waals surface area contributed by atoms with E-state index in [-0.39, 0.29) is 41.8 Å². The van der Waals surface area contributed by atoms with Crippen molar-refractivity contribution in [3.8, 4) is 0 Å². The van der Waals surface area contributed by atoms with Crippen LogP contribution in [0.5, 0.6) is 0 Å². The maximum atomic E-state index is 14.5. The second-order valence-corrected chi connectivity index (χ2v) is 8.57. The van der Waals surface area contributed by atoms with E-state index in [1.807, 2.05) is 0 Å². The zero-order valence-corrected chi connectivity index (χ0v) is 18.6. The number of hydrogen-bond acceptors (Lipinski definition) is 4. The van der Waals surface area contributed by atoms with E-state index in [1.54, 1.807) is 29.2 Å². The molecule has 1 atom stereocenters. The molecule has 0 bridgehead atoms. The molecule has 1 aromatic heterocycles. The normalized spacial score (nSPS) is 19.2. The van der Waals surface area contributed by atoms with E-state index in [1.165, 1.54) is 18.1 Å². The predicted octanol–water partition coefficient (Wildman–Crippen LogP) is 2.54. The van der Waals surface area contributed by atoms with E-state index in [4.69, 9.17) is 23.2 Å². The van der Waals surface area contributed by atoms with Crippen LogP contribution in [0.1, 0.15) is 5.56 Å². The maximum absolute atomic E-state index is 14.5. The van der Waals surface area contributed by atoms with Gasteiger partial charge in [-0.3, -0.25) is 14.5 Å². The number of rotatable bonds is 4. The average molecular weight is 480 g/mol. The topological polar surface area (TPSA) is 85.9 Å². The number of nitrogens with zero attached hydrogens (tertiary/aromatic N) is 4. The van der Waals surface area contributed by atoms with Crippen molar-refractivity contribution in [1.29, 1.82) is 0 Å². The van der Waals surface area contributed by atoms with Crippen molar-refractivity contribution in [2.75, 3.05) is 31.6 Å². The second-order valence-electron chi connectivity index (χ2n) is 7.70. The lowest BCUT2D eigenvalue weighted by Crippen LogP contribution is -2.68. The van der Waals surface area contributed by atoms with Crippen LogP contribution < -0.4 is 10.2 Å². The van der Waals surface area contributed by atoms with Gasteiger partial charge in [0.15, 0.2) is 11.6 Å². The van der Waals surface area contributed by atoms with Gasteiger partial charge in [0, 0.05) is 43.8 Å². The van der Waals surface area contributed by atoms with E-state index >= 15 is 0 Å². The fourth-order valence-electron chi connectivity index (χ4n) is 4.00. The summed E-state index contributed by atoms with van der Waals surface area (Å²) >= 11 is 11.7. The highest BCUT2D eigenvalue weighted by molar-refractivity contribution is 6.30. The molecule has 4 amide bonds. The van der Waals surface area contributed by atoms with Crippen LogP contribution in [0.2, 0.25) is 10.0 Å². The van der Waals surface area contributed by atoms with Crippen LogP contribution in [0.3, 0.4) is 0 Å². The molecule has 0 aliphatic carbocycles. The maximum Gasteiger partial charge on any atom is 0.317 e. The molecule has 168 valence electrons. The molecule has 3 heterocycles. The van der Waals surface area contributed by atoms with E-state index in [0.717, 1.165) is 16.5 Å². The SMILES string of the molecule is CNC(=O)N1CC(C2C(=O)N(c3ncc(Cl)cc3F)CC(=O)N2Cc2ccc(Cl)cc2)C1. The van der Waals surface area contributed by atoms with E-state index in [9.17, 15) is 18.8 Å². The van der Waals surface area contributed by atoms with E-state index in [2.05, 4.69) is 10.3 Å². The molecule has 0 spiro atoms. The van der Waals surface area contributed by atoms with Crippen LogP contribution in [0.25, 0.3) is 0 Å². The van der Waals surface area contributed by atoms with Gasteiger partial charge in [-0.15, -0.1) is 0 Å². The van der Waals surface area contributed by atoms with Gasteiger partial charge in [0.1, 0.15) is 12.6 Å². The number of aromatic nitrogens is 1. The Balaban J connectivity index is 1.64. The number of benzene rings is 1. The fourth-order valence-corrected chi connectivity index (χ4v) is 4.27. The highest BCUT2D eigenvalue weighted by Crippen LogP contribution is 2.31. The molecule has 8 nitrogen and oxygen atoms in total. The van der Waals surface area contributed by atoms with Gasteiger partial charge in [-0.1, -0.05) is 35.3 Å². The number of anilines is 1. The molecule has 2 aromatic rings. The summed E-state index contributed by atoms with van der Waals surface area (Å²) in [6.45, 7) is 0.434. The Bertz CT molecular complexity index is 1060. The second kappa shape index (κ2) is 8.91. The molecule has 2 aliphatic rings. The average Bonchev–Trinajstić information content (AvgIpc) is 2.73. The van der Waals surface area contributed by atoms with Crippen molar-refractivity contribution >= 4 is 46.9 Å². The van der Waals surface area contributed by atoms with Crippen LogP contribution in [0, 0.1) is 11.7 Å².